The van der Waals surface area contributed by atoms with Crippen LogP contribution in [0.3, 0.4) is 0 Å². The molecule has 2 aromatic rings. The van der Waals surface area contributed by atoms with E-state index in [0.717, 1.165) is 5.56 Å². The van der Waals surface area contributed by atoms with Crippen LogP contribution in [0.5, 0.6) is 5.75 Å². The minimum absolute atomic E-state index is 0.0157. The number of amides is 2. The Labute approximate surface area is 139 Å². The van der Waals surface area contributed by atoms with Gasteiger partial charge in [0.2, 0.25) is 5.91 Å². The average Bonchev–Trinajstić information content (AvgIpc) is 2.96. The molecule has 4 nitrogen and oxygen atoms in total. The van der Waals surface area contributed by atoms with Gasteiger partial charge in [-0.15, -0.1) is 0 Å². The highest BCUT2D eigenvalue weighted by atomic mass is 35.5. The van der Waals surface area contributed by atoms with Crippen molar-refractivity contribution in [1.82, 2.24) is 4.90 Å². The van der Waals surface area contributed by atoms with Gasteiger partial charge in [-0.1, -0.05) is 23.7 Å². The van der Waals surface area contributed by atoms with Crippen molar-refractivity contribution in [3.8, 4) is 5.75 Å². The number of ether oxygens (including phenoxy) is 1. The van der Waals surface area contributed by atoms with Crippen LogP contribution in [-0.2, 0) is 4.79 Å². The second-order valence-corrected chi connectivity index (χ2v) is 5.93. The highest BCUT2D eigenvalue weighted by molar-refractivity contribution is 6.30. The lowest BCUT2D eigenvalue weighted by molar-refractivity contribution is -0.125. The largest absolute Gasteiger partial charge is 0.497 e. The molecule has 1 atom stereocenters. The number of carbonyl (C=O) groups is 2. The molecule has 2 aromatic carbocycles. The first-order valence-corrected chi connectivity index (χ1v) is 7.70. The van der Waals surface area contributed by atoms with Crippen LogP contribution in [0.1, 0.15) is 28.3 Å². The Balaban J connectivity index is 1.76. The predicted molar refractivity (Wildman–Crippen MR) is 87.8 cm³/mol. The van der Waals surface area contributed by atoms with E-state index in [2.05, 4.69) is 0 Å². The van der Waals surface area contributed by atoms with Gasteiger partial charge in [0.15, 0.2) is 0 Å². The van der Waals surface area contributed by atoms with Crippen molar-refractivity contribution in [3.05, 3.63) is 64.7 Å². The highest BCUT2D eigenvalue weighted by Crippen LogP contribution is 2.30. The van der Waals surface area contributed by atoms with Gasteiger partial charge in [-0.2, -0.15) is 0 Å². The smallest absolute Gasteiger partial charge is 0.260 e. The fourth-order valence-corrected chi connectivity index (χ4v) is 2.88. The zero-order valence-corrected chi connectivity index (χ0v) is 13.4. The number of hydrogen-bond acceptors (Lipinski definition) is 3. The third-order valence-electron chi connectivity index (χ3n) is 4.05. The molecule has 1 fully saturated rings. The summed E-state index contributed by atoms with van der Waals surface area (Å²) in [6.45, 7) is 0.394. The number of rotatable bonds is 3. The molecule has 0 N–H and O–H groups in total. The number of carbonyl (C=O) groups excluding carboxylic acids is 2. The second-order valence-electron chi connectivity index (χ2n) is 5.49. The minimum atomic E-state index is -0.269. The van der Waals surface area contributed by atoms with Gasteiger partial charge in [-0.25, -0.2) is 0 Å². The third-order valence-corrected chi connectivity index (χ3v) is 4.30. The Morgan fingerprint density at radius 2 is 1.78 bits per heavy atom. The molecule has 0 spiro atoms. The topological polar surface area (TPSA) is 46.6 Å². The fraction of sp³-hybridized carbons (Fsp3) is 0.222. The zero-order valence-electron chi connectivity index (χ0n) is 12.7. The average molecular weight is 330 g/mol. The Morgan fingerprint density at radius 3 is 2.39 bits per heavy atom. The molecule has 0 aliphatic carbocycles. The first kappa shape index (κ1) is 15.6. The molecule has 23 heavy (non-hydrogen) atoms. The maximum atomic E-state index is 12.5. The summed E-state index contributed by atoms with van der Waals surface area (Å²) in [5, 5.41) is 0.657. The zero-order chi connectivity index (χ0) is 16.4. The molecule has 118 valence electrons. The standard InChI is InChI=1S/C18H16ClNO3/c1-23-16-8-4-13(5-9-16)18(22)20-11-14(10-17(20)21)12-2-6-15(19)7-3-12/h2-9,14H,10-11H2,1H3/t14-/m1/s1. The van der Waals surface area contributed by atoms with E-state index in [4.69, 9.17) is 16.3 Å². The van der Waals surface area contributed by atoms with Gasteiger partial charge >= 0.3 is 0 Å². The van der Waals surface area contributed by atoms with Crippen LogP contribution in [0.2, 0.25) is 5.02 Å². The summed E-state index contributed by atoms with van der Waals surface area (Å²) in [6, 6.07) is 14.2. The van der Waals surface area contributed by atoms with E-state index >= 15 is 0 Å². The first-order chi connectivity index (χ1) is 11.1. The molecular weight excluding hydrogens is 314 g/mol. The van der Waals surface area contributed by atoms with Crippen molar-refractivity contribution < 1.29 is 14.3 Å². The number of benzene rings is 2. The molecule has 1 aliphatic heterocycles. The lowest BCUT2D eigenvalue weighted by atomic mass is 9.98. The van der Waals surface area contributed by atoms with Crippen molar-refractivity contribution >= 4 is 23.4 Å². The minimum Gasteiger partial charge on any atom is -0.497 e. The number of nitrogens with zero attached hydrogens (tertiary/aromatic N) is 1. The number of hydrogen-bond donors (Lipinski definition) is 0. The lowest BCUT2D eigenvalue weighted by Gasteiger charge is -2.15. The third kappa shape index (κ3) is 3.22. The monoisotopic (exact) mass is 329 g/mol. The van der Waals surface area contributed by atoms with E-state index in [-0.39, 0.29) is 17.7 Å². The normalized spacial score (nSPS) is 17.4. The number of imide groups is 1. The fourth-order valence-electron chi connectivity index (χ4n) is 2.75. The Morgan fingerprint density at radius 1 is 1.13 bits per heavy atom. The van der Waals surface area contributed by atoms with Crippen LogP contribution in [0.4, 0.5) is 0 Å². The van der Waals surface area contributed by atoms with Crippen molar-refractivity contribution in [1.29, 1.82) is 0 Å². The Bertz CT molecular complexity index is 725. The maximum Gasteiger partial charge on any atom is 0.260 e. The van der Waals surface area contributed by atoms with Crippen molar-refractivity contribution in [2.75, 3.05) is 13.7 Å². The molecule has 0 unspecified atom stereocenters. The van der Waals surface area contributed by atoms with Crippen LogP contribution in [0.15, 0.2) is 48.5 Å². The van der Waals surface area contributed by atoms with Gasteiger partial charge in [-0.3, -0.25) is 14.5 Å². The molecule has 3 rings (SSSR count). The first-order valence-electron chi connectivity index (χ1n) is 7.32. The molecule has 5 heteroatoms. The summed E-state index contributed by atoms with van der Waals surface area (Å²) >= 11 is 5.89. The quantitative estimate of drug-likeness (QED) is 0.810. The van der Waals surface area contributed by atoms with Gasteiger partial charge in [0.1, 0.15) is 5.75 Å². The van der Waals surface area contributed by atoms with Crippen molar-refractivity contribution in [2.45, 2.75) is 12.3 Å². The molecule has 0 radical (unpaired) electrons. The summed E-state index contributed by atoms with van der Waals surface area (Å²) in [5.41, 5.74) is 1.50. The predicted octanol–water partition coefficient (Wildman–Crippen LogP) is 3.50. The van der Waals surface area contributed by atoms with E-state index in [1.807, 2.05) is 12.1 Å². The molecule has 0 saturated carbocycles. The molecule has 1 saturated heterocycles. The molecule has 1 heterocycles. The van der Waals surface area contributed by atoms with E-state index in [0.29, 0.717) is 29.3 Å². The van der Waals surface area contributed by atoms with Gasteiger partial charge in [0.05, 0.1) is 7.11 Å². The van der Waals surface area contributed by atoms with Crippen molar-refractivity contribution in [3.63, 3.8) is 0 Å². The Kier molecular flexibility index (Phi) is 4.35. The summed E-state index contributed by atoms with van der Waals surface area (Å²) < 4.78 is 5.08. The van der Waals surface area contributed by atoms with Crippen LogP contribution in [0.25, 0.3) is 0 Å². The van der Waals surface area contributed by atoms with Crippen LogP contribution in [-0.4, -0.2) is 30.4 Å². The summed E-state index contributed by atoms with van der Waals surface area (Å²) in [6.07, 6.45) is 0.337. The number of methoxy groups -OCH3 is 1. The van der Waals surface area contributed by atoms with Gasteiger partial charge < -0.3 is 4.74 Å². The molecule has 2 amide bonds. The molecular formula is C18H16ClNO3. The summed E-state index contributed by atoms with van der Waals surface area (Å²) in [7, 11) is 1.57. The lowest BCUT2D eigenvalue weighted by Crippen LogP contribution is -2.32. The van der Waals surface area contributed by atoms with Crippen molar-refractivity contribution in [2.24, 2.45) is 0 Å². The maximum absolute atomic E-state index is 12.5. The SMILES string of the molecule is COc1ccc(C(=O)N2C[C@H](c3ccc(Cl)cc3)CC2=O)cc1. The highest BCUT2D eigenvalue weighted by Gasteiger charge is 2.35. The summed E-state index contributed by atoms with van der Waals surface area (Å²) in [4.78, 5) is 26.1. The van der Waals surface area contributed by atoms with Gasteiger partial charge in [0, 0.05) is 29.5 Å². The molecule has 1 aliphatic rings. The number of halogens is 1. The second kappa shape index (κ2) is 6.42. The van der Waals surface area contributed by atoms with E-state index in [9.17, 15) is 9.59 Å². The van der Waals surface area contributed by atoms with E-state index < -0.39 is 0 Å². The molecule has 0 bridgehead atoms. The van der Waals surface area contributed by atoms with Gasteiger partial charge in [-0.05, 0) is 42.0 Å². The summed E-state index contributed by atoms with van der Waals surface area (Å²) in [5.74, 6) is 0.273. The number of likely N-dealkylation sites (tertiary alicyclic amines) is 1. The van der Waals surface area contributed by atoms with Crippen LogP contribution >= 0.6 is 11.6 Å². The Hall–Kier alpha value is -2.33. The van der Waals surface area contributed by atoms with Crippen LogP contribution < -0.4 is 4.74 Å². The van der Waals surface area contributed by atoms with Gasteiger partial charge in [0.25, 0.3) is 5.91 Å². The van der Waals surface area contributed by atoms with E-state index in [1.54, 1.807) is 43.5 Å². The van der Waals surface area contributed by atoms with Crippen LogP contribution in [0, 0.1) is 0 Å². The van der Waals surface area contributed by atoms with E-state index in [1.165, 1.54) is 4.90 Å². The molecule has 0 aromatic heterocycles.